The fraction of sp³-hybridized carbons (Fsp3) is 0.281. The number of nitrogens with zero attached hydrogens (tertiary/aromatic N) is 1. The van der Waals surface area contributed by atoms with E-state index < -0.39 is 41.3 Å². The molecule has 2 heterocycles. The van der Waals surface area contributed by atoms with Crippen LogP contribution in [0.5, 0.6) is 0 Å². The minimum absolute atomic E-state index is 0.0205. The van der Waals surface area contributed by atoms with E-state index in [1.165, 1.54) is 35.6 Å². The highest BCUT2D eigenvalue weighted by molar-refractivity contribution is 7.10. The first-order valence-electron chi connectivity index (χ1n) is 13.6. The number of carbonyl (C=O) groups is 3. The van der Waals surface area contributed by atoms with Crippen molar-refractivity contribution in [2.24, 2.45) is 11.7 Å². The Morgan fingerprint density at radius 2 is 1.79 bits per heavy atom. The summed E-state index contributed by atoms with van der Waals surface area (Å²) < 4.78 is 24.9. The summed E-state index contributed by atoms with van der Waals surface area (Å²) in [6.07, 6.45) is 0.242. The predicted octanol–water partition coefficient (Wildman–Crippen LogP) is 6.38. The van der Waals surface area contributed by atoms with Crippen molar-refractivity contribution in [3.05, 3.63) is 109 Å². The van der Waals surface area contributed by atoms with Crippen LogP contribution in [-0.4, -0.2) is 30.9 Å². The Labute approximate surface area is 252 Å². The van der Waals surface area contributed by atoms with E-state index in [1.807, 2.05) is 30.5 Å². The average molecular weight is 609 g/mol. The smallest absolute Gasteiger partial charge is 0.338 e. The third kappa shape index (κ3) is 5.12. The maximum Gasteiger partial charge on any atom is 0.338 e. The maximum absolute atomic E-state index is 14.7. The molecule has 0 saturated carbocycles. The van der Waals surface area contributed by atoms with Crippen LogP contribution in [0.3, 0.4) is 0 Å². The molecule has 0 spiro atoms. The van der Waals surface area contributed by atoms with Gasteiger partial charge in [0.25, 0.3) is 0 Å². The summed E-state index contributed by atoms with van der Waals surface area (Å²) in [5.41, 5.74) is 9.37. The second-order valence-electron chi connectivity index (χ2n) is 10.0. The topological polar surface area (TPSA) is 98.9 Å². The molecule has 0 saturated heterocycles. The summed E-state index contributed by atoms with van der Waals surface area (Å²) in [6, 6.07) is 14.6. The molecule has 0 unspecified atom stereocenters. The number of allylic oxidation sites excluding steroid dienone is 2. The zero-order chi connectivity index (χ0) is 30.1. The molecule has 3 aromatic rings. The number of rotatable bonds is 7. The van der Waals surface area contributed by atoms with Crippen molar-refractivity contribution in [2.75, 3.05) is 18.1 Å². The normalized spacial score (nSPS) is 20.5. The highest BCUT2D eigenvalue weighted by atomic mass is 35.5. The third-order valence-corrected chi connectivity index (χ3v) is 9.08. The number of benzene rings is 2. The summed E-state index contributed by atoms with van der Waals surface area (Å²) in [7, 11) is 0. The van der Waals surface area contributed by atoms with E-state index in [9.17, 15) is 18.8 Å². The van der Waals surface area contributed by atoms with Crippen LogP contribution >= 0.6 is 22.9 Å². The summed E-state index contributed by atoms with van der Waals surface area (Å²) in [6.45, 7) is 5.34. The van der Waals surface area contributed by atoms with E-state index in [4.69, 9.17) is 26.8 Å². The summed E-state index contributed by atoms with van der Waals surface area (Å²) in [4.78, 5) is 44.3. The van der Waals surface area contributed by atoms with Gasteiger partial charge in [0.2, 0.25) is 0 Å². The van der Waals surface area contributed by atoms with Gasteiger partial charge in [0.1, 0.15) is 17.6 Å². The van der Waals surface area contributed by atoms with Crippen molar-refractivity contribution in [3.63, 3.8) is 0 Å². The van der Waals surface area contributed by atoms with E-state index in [0.717, 1.165) is 4.88 Å². The van der Waals surface area contributed by atoms with Crippen LogP contribution in [0.1, 0.15) is 48.1 Å². The van der Waals surface area contributed by atoms with Crippen molar-refractivity contribution >= 4 is 46.3 Å². The number of Topliss-reactive ketones (excluding diaryl/α,β-unsaturated/α-hetero) is 1. The molecule has 1 aromatic heterocycles. The first kappa shape index (κ1) is 29.5. The molecule has 2 aromatic carbocycles. The molecule has 0 radical (unpaired) electrons. The van der Waals surface area contributed by atoms with Gasteiger partial charge in [-0.1, -0.05) is 35.9 Å². The van der Waals surface area contributed by atoms with E-state index in [2.05, 4.69) is 0 Å². The monoisotopic (exact) mass is 608 g/mol. The van der Waals surface area contributed by atoms with Gasteiger partial charge in [0, 0.05) is 27.1 Å². The number of hydrogen-bond acceptors (Lipinski definition) is 8. The Morgan fingerprint density at radius 3 is 2.43 bits per heavy atom. The molecule has 42 heavy (non-hydrogen) atoms. The SMILES string of the molecule is CCOC(=O)C1=C(N)N(c2cccc(Cl)c2C)C2=C(C(=O)[C@H](C(=O)OCC)[C@@H](c3cccs3)C2)[C@@H]1c1ccc(F)cc1. The van der Waals surface area contributed by atoms with Gasteiger partial charge < -0.3 is 15.2 Å². The zero-order valence-electron chi connectivity index (χ0n) is 23.4. The van der Waals surface area contributed by atoms with Crippen LogP contribution in [0.4, 0.5) is 10.1 Å². The molecule has 5 rings (SSSR count). The van der Waals surface area contributed by atoms with Gasteiger partial charge in [-0.2, -0.15) is 0 Å². The minimum atomic E-state index is -1.16. The molecule has 3 atom stereocenters. The number of hydrogen-bond donors (Lipinski definition) is 1. The van der Waals surface area contributed by atoms with E-state index >= 15 is 0 Å². The van der Waals surface area contributed by atoms with E-state index in [0.29, 0.717) is 27.5 Å². The van der Waals surface area contributed by atoms with Gasteiger partial charge in [-0.05, 0) is 74.0 Å². The van der Waals surface area contributed by atoms with Gasteiger partial charge in [0.15, 0.2) is 5.78 Å². The van der Waals surface area contributed by atoms with Crippen molar-refractivity contribution in [2.45, 2.75) is 39.0 Å². The number of thiophene rings is 1. The van der Waals surface area contributed by atoms with Crippen LogP contribution in [0.25, 0.3) is 0 Å². The number of halogens is 2. The van der Waals surface area contributed by atoms with Crippen molar-refractivity contribution < 1.29 is 28.2 Å². The van der Waals surface area contributed by atoms with Crippen LogP contribution in [-0.2, 0) is 23.9 Å². The number of nitrogens with two attached hydrogens (primary N) is 1. The average Bonchev–Trinajstić information content (AvgIpc) is 3.50. The van der Waals surface area contributed by atoms with Gasteiger partial charge in [-0.25, -0.2) is 9.18 Å². The van der Waals surface area contributed by atoms with E-state index in [-0.39, 0.29) is 36.6 Å². The lowest BCUT2D eigenvalue weighted by molar-refractivity contribution is -0.152. The largest absolute Gasteiger partial charge is 0.465 e. The Bertz CT molecular complexity index is 1600. The van der Waals surface area contributed by atoms with Gasteiger partial charge in [0.05, 0.1) is 30.4 Å². The summed E-state index contributed by atoms with van der Waals surface area (Å²) in [5, 5.41) is 2.36. The zero-order valence-corrected chi connectivity index (χ0v) is 24.9. The summed E-state index contributed by atoms with van der Waals surface area (Å²) in [5.74, 6) is -4.97. The molecule has 2 N–H and O–H groups in total. The second kappa shape index (κ2) is 12.1. The molecule has 1 aliphatic carbocycles. The van der Waals surface area contributed by atoms with Crippen molar-refractivity contribution in [1.82, 2.24) is 0 Å². The Kier molecular flexibility index (Phi) is 8.52. The number of ketones is 1. The minimum Gasteiger partial charge on any atom is -0.465 e. The molecule has 2 aliphatic rings. The van der Waals surface area contributed by atoms with Crippen LogP contribution in [0.2, 0.25) is 5.02 Å². The molecule has 0 bridgehead atoms. The fourth-order valence-corrected chi connectivity index (χ4v) is 6.85. The van der Waals surface area contributed by atoms with Gasteiger partial charge in [-0.15, -0.1) is 11.3 Å². The molecule has 0 amide bonds. The molecule has 218 valence electrons. The van der Waals surface area contributed by atoms with Crippen molar-refractivity contribution in [1.29, 1.82) is 0 Å². The standard InChI is InChI=1S/C32H30ClFN2O5S/c1-4-40-31(38)26-20(24-10-7-15-42-24)16-23-27(29(26)37)25(18-11-13-19(34)14-12-18)28(32(39)41-5-2)30(35)36(23)22-9-6-8-21(33)17(22)3/h6-15,20,25-26H,4-5,16,35H2,1-3H3/t20-,25+,26-/m1/s1. The predicted molar refractivity (Wildman–Crippen MR) is 159 cm³/mol. The lowest BCUT2D eigenvalue weighted by atomic mass is 9.68. The first-order chi connectivity index (χ1) is 20.2. The first-order valence-corrected chi connectivity index (χ1v) is 14.9. The third-order valence-electron chi connectivity index (χ3n) is 7.67. The molecule has 10 heteroatoms. The van der Waals surface area contributed by atoms with Gasteiger partial charge in [-0.3, -0.25) is 14.5 Å². The Balaban J connectivity index is 1.84. The lowest BCUT2D eigenvalue weighted by Gasteiger charge is -2.44. The molecule has 0 fully saturated rings. The number of ether oxygens (including phenoxy) is 2. The van der Waals surface area contributed by atoms with Crippen LogP contribution < -0.4 is 10.6 Å². The molecule has 7 nitrogen and oxygen atoms in total. The quantitative estimate of drug-likeness (QED) is 0.246. The highest BCUT2D eigenvalue weighted by Crippen LogP contribution is 2.52. The van der Waals surface area contributed by atoms with Gasteiger partial charge >= 0.3 is 11.9 Å². The van der Waals surface area contributed by atoms with Crippen molar-refractivity contribution in [3.8, 4) is 0 Å². The Hall–Kier alpha value is -3.95. The molecule has 1 aliphatic heterocycles. The Morgan fingerprint density at radius 1 is 1.07 bits per heavy atom. The lowest BCUT2D eigenvalue weighted by Crippen LogP contribution is -2.46. The molecular weight excluding hydrogens is 579 g/mol. The highest BCUT2D eigenvalue weighted by Gasteiger charge is 2.51. The number of esters is 2. The fourth-order valence-electron chi connectivity index (χ4n) is 5.81. The van der Waals surface area contributed by atoms with Crippen LogP contribution in [0, 0.1) is 18.7 Å². The van der Waals surface area contributed by atoms with E-state index in [1.54, 1.807) is 30.9 Å². The number of anilines is 1. The second-order valence-corrected chi connectivity index (χ2v) is 11.4. The maximum atomic E-state index is 14.7. The number of carbonyl (C=O) groups excluding carboxylic acids is 3. The summed E-state index contributed by atoms with van der Waals surface area (Å²) >= 11 is 7.97. The van der Waals surface area contributed by atoms with Crippen LogP contribution in [0.15, 0.2) is 82.6 Å². The molecular formula is C32H30ClFN2O5S.